The molecule has 2 nitrogen and oxygen atoms in total. The molecule has 0 aliphatic heterocycles. The van der Waals surface area contributed by atoms with Crippen LogP contribution < -0.4 is 5.32 Å². The summed E-state index contributed by atoms with van der Waals surface area (Å²) in [5.41, 5.74) is 1.43. The third-order valence-corrected chi connectivity index (χ3v) is 5.37. The van der Waals surface area contributed by atoms with Gasteiger partial charge in [-0.25, -0.2) is 0 Å². The second kappa shape index (κ2) is 8.03. The van der Waals surface area contributed by atoms with E-state index in [2.05, 4.69) is 35.6 Å². The van der Waals surface area contributed by atoms with Crippen LogP contribution in [-0.4, -0.2) is 31.1 Å². The van der Waals surface area contributed by atoms with E-state index in [1.807, 2.05) is 11.3 Å². The van der Waals surface area contributed by atoms with Gasteiger partial charge in [0.05, 0.1) is 0 Å². The van der Waals surface area contributed by atoms with Gasteiger partial charge in [-0.2, -0.15) is 0 Å². The average molecular weight is 280 g/mol. The van der Waals surface area contributed by atoms with Crippen molar-refractivity contribution in [2.75, 3.05) is 20.1 Å². The molecule has 1 aliphatic rings. The fraction of sp³-hybridized carbons (Fsp3) is 0.750. The van der Waals surface area contributed by atoms with Gasteiger partial charge in [-0.1, -0.05) is 25.7 Å². The molecule has 1 aliphatic carbocycles. The largest absolute Gasteiger partial charge is 0.311 e. The molecule has 2 rings (SSSR count). The van der Waals surface area contributed by atoms with Crippen LogP contribution in [0, 0.1) is 6.92 Å². The number of likely N-dealkylation sites (N-methyl/N-ethyl adjacent to an activating group) is 1. The molecule has 1 aromatic heterocycles. The SMILES string of the molecule is Cc1ccsc1CNCCN(C)C1CCCCCC1. The van der Waals surface area contributed by atoms with Gasteiger partial charge in [0, 0.05) is 30.6 Å². The lowest BCUT2D eigenvalue weighted by atomic mass is 10.1. The minimum Gasteiger partial charge on any atom is -0.311 e. The van der Waals surface area contributed by atoms with Crippen LogP contribution >= 0.6 is 11.3 Å². The van der Waals surface area contributed by atoms with E-state index in [-0.39, 0.29) is 0 Å². The zero-order chi connectivity index (χ0) is 13.5. The van der Waals surface area contributed by atoms with Crippen molar-refractivity contribution in [1.29, 1.82) is 0 Å². The molecule has 1 saturated carbocycles. The van der Waals surface area contributed by atoms with Gasteiger partial charge in [0.25, 0.3) is 0 Å². The lowest BCUT2D eigenvalue weighted by molar-refractivity contribution is 0.221. The predicted molar refractivity (Wildman–Crippen MR) is 84.9 cm³/mol. The van der Waals surface area contributed by atoms with Gasteiger partial charge in [0.2, 0.25) is 0 Å². The maximum Gasteiger partial charge on any atom is 0.0302 e. The molecule has 0 amide bonds. The van der Waals surface area contributed by atoms with E-state index in [1.54, 1.807) is 0 Å². The Morgan fingerprint density at radius 3 is 2.63 bits per heavy atom. The van der Waals surface area contributed by atoms with Crippen LogP contribution in [0.4, 0.5) is 0 Å². The lowest BCUT2D eigenvalue weighted by Gasteiger charge is -2.27. The van der Waals surface area contributed by atoms with Crippen molar-refractivity contribution in [3.05, 3.63) is 21.9 Å². The minimum absolute atomic E-state index is 0.827. The Hall–Kier alpha value is -0.380. The van der Waals surface area contributed by atoms with Gasteiger partial charge in [-0.3, -0.25) is 0 Å². The quantitative estimate of drug-likeness (QED) is 0.630. The van der Waals surface area contributed by atoms with Gasteiger partial charge < -0.3 is 10.2 Å². The number of thiophene rings is 1. The minimum atomic E-state index is 0.827. The van der Waals surface area contributed by atoms with Crippen LogP contribution in [0.5, 0.6) is 0 Å². The normalized spacial score (nSPS) is 17.8. The van der Waals surface area contributed by atoms with Crippen molar-refractivity contribution in [2.24, 2.45) is 0 Å². The standard InChI is InChI=1S/C16H28N2S/c1-14-9-12-19-16(14)13-17-10-11-18(2)15-7-5-3-4-6-8-15/h9,12,15,17H,3-8,10-11,13H2,1-2H3. The first-order valence-electron chi connectivity index (χ1n) is 7.71. The van der Waals surface area contributed by atoms with Crippen molar-refractivity contribution >= 4 is 11.3 Å². The first kappa shape index (κ1) is 15.0. The third kappa shape index (κ3) is 4.90. The summed E-state index contributed by atoms with van der Waals surface area (Å²) < 4.78 is 0. The molecule has 1 heterocycles. The van der Waals surface area contributed by atoms with Gasteiger partial charge in [-0.05, 0) is 43.8 Å². The van der Waals surface area contributed by atoms with E-state index in [4.69, 9.17) is 0 Å². The highest BCUT2D eigenvalue weighted by Crippen LogP contribution is 2.20. The number of aryl methyl sites for hydroxylation is 1. The van der Waals surface area contributed by atoms with E-state index in [0.717, 1.165) is 19.1 Å². The molecule has 1 aromatic rings. The lowest BCUT2D eigenvalue weighted by Crippen LogP contribution is -2.36. The van der Waals surface area contributed by atoms with Crippen LogP contribution in [0.2, 0.25) is 0 Å². The monoisotopic (exact) mass is 280 g/mol. The zero-order valence-corrected chi connectivity index (χ0v) is 13.3. The summed E-state index contributed by atoms with van der Waals surface area (Å²) >= 11 is 1.86. The molecule has 3 heteroatoms. The first-order chi connectivity index (χ1) is 9.27. The summed E-state index contributed by atoms with van der Waals surface area (Å²) in [5.74, 6) is 0. The van der Waals surface area contributed by atoms with E-state index in [1.165, 1.54) is 55.5 Å². The molecule has 1 N–H and O–H groups in total. The second-order valence-corrected chi connectivity index (χ2v) is 6.83. The molecule has 1 fully saturated rings. The Labute approximate surface area is 122 Å². The zero-order valence-electron chi connectivity index (χ0n) is 12.5. The molecular weight excluding hydrogens is 252 g/mol. The number of hydrogen-bond acceptors (Lipinski definition) is 3. The van der Waals surface area contributed by atoms with Crippen LogP contribution in [0.25, 0.3) is 0 Å². The Balaban J connectivity index is 1.63. The predicted octanol–water partition coefficient (Wildman–Crippen LogP) is 3.80. The molecule has 0 saturated heterocycles. The Bertz CT molecular complexity index is 353. The summed E-state index contributed by atoms with van der Waals surface area (Å²) in [5, 5.41) is 5.77. The van der Waals surface area contributed by atoms with Crippen LogP contribution in [0.15, 0.2) is 11.4 Å². The van der Waals surface area contributed by atoms with Gasteiger partial charge in [0.1, 0.15) is 0 Å². The molecule has 19 heavy (non-hydrogen) atoms. The maximum absolute atomic E-state index is 3.58. The smallest absolute Gasteiger partial charge is 0.0302 e. The fourth-order valence-electron chi connectivity index (χ4n) is 2.92. The second-order valence-electron chi connectivity index (χ2n) is 5.83. The van der Waals surface area contributed by atoms with Crippen molar-refractivity contribution < 1.29 is 0 Å². The number of nitrogens with one attached hydrogen (secondary N) is 1. The molecule has 0 aromatic carbocycles. The fourth-order valence-corrected chi connectivity index (χ4v) is 3.80. The maximum atomic E-state index is 3.58. The molecule has 108 valence electrons. The van der Waals surface area contributed by atoms with Crippen molar-refractivity contribution in [3.8, 4) is 0 Å². The Morgan fingerprint density at radius 2 is 2.00 bits per heavy atom. The molecule has 0 unspecified atom stereocenters. The van der Waals surface area contributed by atoms with Crippen LogP contribution in [0.3, 0.4) is 0 Å². The highest BCUT2D eigenvalue weighted by Gasteiger charge is 2.16. The summed E-state index contributed by atoms with van der Waals surface area (Å²) in [6, 6.07) is 3.03. The number of rotatable bonds is 6. The summed E-state index contributed by atoms with van der Waals surface area (Å²) in [4.78, 5) is 4.05. The van der Waals surface area contributed by atoms with Crippen molar-refractivity contribution in [2.45, 2.75) is 58.0 Å². The molecule has 0 bridgehead atoms. The molecule has 0 radical (unpaired) electrons. The summed E-state index contributed by atoms with van der Waals surface area (Å²) in [6.45, 7) is 5.51. The highest BCUT2D eigenvalue weighted by atomic mass is 32.1. The Kier molecular flexibility index (Phi) is 6.35. The number of hydrogen-bond donors (Lipinski definition) is 1. The van der Waals surface area contributed by atoms with E-state index >= 15 is 0 Å². The van der Waals surface area contributed by atoms with Gasteiger partial charge >= 0.3 is 0 Å². The third-order valence-electron chi connectivity index (χ3n) is 4.34. The van der Waals surface area contributed by atoms with E-state index in [0.29, 0.717) is 0 Å². The molecular formula is C16H28N2S. The summed E-state index contributed by atoms with van der Waals surface area (Å²) in [7, 11) is 2.30. The van der Waals surface area contributed by atoms with Crippen LogP contribution in [-0.2, 0) is 6.54 Å². The first-order valence-corrected chi connectivity index (χ1v) is 8.59. The van der Waals surface area contributed by atoms with E-state index < -0.39 is 0 Å². The average Bonchev–Trinajstić information content (AvgIpc) is 2.68. The van der Waals surface area contributed by atoms with E-state index in [9.17, 15) is 0 Å². The highest BCUT2D eigenvalue weighted by molar-refractivity contribution is 7.10. The van der Waals surface area contributed by atoms with Crippen molar-refractivity contribution in [1.82, 2.24) is 10.2 Å². The number of nitrogens with zero attached hydrogens (tertiary/aromatic N) is 1. The van der Waals surface area contributed by atoms with Crippen molar-refractivity contribution in [3.63, 3.8) is 0 Å². The van der Waals surface area contributed by atoms with Crippen LogP contribution in [0.1, 0.15) is 49.0 Å². The molecule has 0 atom stereocenters. The van der Waals surface area contributed by atoms with Gasteiger partial charge in [0.15, 0.2) is 0 Å². The molecule has 0 spiro atoms. The van der Waals surface area contributed by atoms with Gasteiger partial charge in [-0.15, -0.1) is 11.3 Å². The Morgan fingerprint density at radius 1 is 1.26 bits per heavy atom. The topological polar surface area (TPSA) is 15.3 Å². The summed E-state index contributed by atoms with van der Waals surface area (Å²) in [6.07, 6.45) is 8.55.